The summed E-state index contributed by atoms with van der Waals surface area (Å²) in [5, 5.41) is 19.6. The summed E-state index contributed by atoms with van der Waals surface area (Å²) in [5.74, 6) is -2.10. The molecule has 0 bridgehead atoms. The molecule has 6 nitrogen and oxygen atoms in total. The molecule has 0 amide bonds. The number of carbonyl (C=O) groups is 2. The highest BCUT2D eigenvalue weighted by atomic mass is 32.1. The van der Waals surface area contributed by atoms with Gasteiger partial charge in [-0.25, -0.2) is 4.98 Å². The third-order valence-corrected chi connectivity index (χ3v) is 2.32. The van der Waals surface area contributed by atoms with Gasteiger partial charge < -0.3 is 10.2 Å². The van der Waals surface area contributed by atoms with Crippen LogP contribution in [-0.2, 0) is 16.1 Å². The van der Waals surface area contributed by atoms with Crippen LogP contribution in [0.5, 0.6) is 0 Å². The second-order valence-corrected chi connectivity index (χ2v) is 3.84. The number of aromatic nitrogens is 1. The van der Waals surface area contributed by atoms with E-state index >= 15 is 0 Å². The summed E-state index contributed by atoms with van der Waals surface area (Å²) in [6.07, 6.45) is 1.60. The van der Waals surface area contributed by atoms with Crippen LogP contribution in [0.1, 0.15) is 5.01 Å². The standard InChI is InChI=1S/C8H10N2O4S/c11-7(12)4-10(5-8(13)14)3-6-9-1-2-15-6/h1-2H,3-5H2,(H,11,12)(H,13,14). The highest BCUT2D eigenvalue weighted by Crippen LogP contribution is 2.07. The SMILES string of the molecule is O=C(O)CN(CC(=O)O)Cc1nccs1. The zero-order valence-corrected chi connectivity index (χ0v) is 8.61. The van der Waals surface area contributed by atoms with E-state index < -0.39 is 11.9 Å². The van der Waals surface area contributed by atoms with Gasteiger partial charge in [-0.1, -0.05) is 0 Å². The molecular formula is C8H10N2O4S. The minimum Gasteiger partial charge on any atom is -0.480 e. The molecule has 0 spiro atoms. The van der Waals surface area contributed by atoms with Gasteiger partial charge in [0.2, 0.25) is 0 Å². The number of carboxylic acid groups (broad SMARTS) is 2. The van der Waals surface area contributed by atoms with Crippen LogP contribution in [0.15, 0.2) is 11.6 Å². The van der Waals surface area contributed by atoms with Crippen LogP contribution in [0, 0.1) is 0 Å². The summed E-state index contributed by atoms with van der Waals surface area (Å²) in [6, 6.07) is 0. The molecule has 0 aromatic carbocycles. The first-order valence-corrected chi connectivity index (χ1v) is 5.00. The highest BCUT2D eigenvalue weighted by Gasteiger charge is 2.14. The molecular weight excluding hydrogens is 220 g/mol. The van der Waals surface area contributed by atoms with E-state index in [9.17, 15) is 9.59 Å². The summed E-state index contributed by atoms with van der Waals surface area (Å²) in [7, 11) is 0. The first-order valence-electron chi connectivity index (χ1n) is 4.12. The molecule has 82 valence electrons. The molecule has 0 aliphatic heterocycles. The molecule has 1 heterocycles. The molecule has 0 aliphatic rings. The molecule has 15 heavy (non-hydrogen) atoms. The normalized spacial score (nSPS) is 10.5. The van der Waals surface area contributed by atoms with Gasteiger partial charge in [0.25, 0.3) is 0 Å². The molecule has 0 saturated carbocycles. The first-order chi connectivity index (χ1) is 7.08. The fourth-order valence-corrected chi connectivity index (χ4v) is 1.73. The third kappa shape index (κ3) is 4.52. The quantitative estimate of drug-likeness (QED) is 0.721. The van der Waals surface area contributed by atoms with Crippen molar-refractivity contribution in [1.29, 1.82) is 0 Å². The van der Waals surface area contributed by atoms with Crippen molar-refractivity contribution in [3.63, 3.8) is 0 Å². The molecule has 1 aromatic heterocycles. The van der Waals surface area contributed by atoms with E-state index in [1.54, 1.807) is 11.6 Å². The lowest BCUT2D eigenvalue weighted by Crippen LogP contribution is -2.33. The summed E-state index contributed by atoms with van der Waals surface area (Å²) >= 11 is 1.37. The van der Waals surface area contributed by atoms with Crippen LogP contribution < -0.4 is 0 Å². The van der Waals surface area contributed by atoms with Gasteiger partial charge in [0.1, 0.15) is 5.01 Å². The Labute approximate surface area is 89.8 Å². The number of nitrogens with zero attached hydrogens (tertiary/aromatic N) is 2. The zero-order valence-electron chi connectivity index (χ0n) is 7.79. The maximum Gasteiger partial charge on any atom is 0.317 e. The number of rotatable bonds is 6. The second-order valence-electron chi connectivity index (χ2n) is 2.86. The lowest BCUT2D eigenvalue weighted by molar-refractivity contribution is -0.142. The van der Waals surface area contributed by atoms with E-state index in [-0.39, 0.29) is 19.6 Å². The van der Waals surface area contributed by atoms with E-state index in [0.717, 1.165) is 0 Å². The Morgan fingerprint density at radius 2 is 1.93 bits per heavy atom. The Bertz CT molecular complexity index is 322. The molecule has 0 unspecified atom stereocenters. The Morgan fingerprint density at radius 3 is 2.33 bits per heavy atom. The zero-order chi connectivity index (χ0) is 11.3. The summed E-state index contributed by atoms with van der Waals surface area (Å²) in [5.41, 5.74) is 0. The van der Waals surface area contributed by atoms with Crippen molar-refractivity contribution in [2.45, 2.75) is 6.54 Å². The second kappa shape index (κ2) is 5.42. The Hall–Kier alpha value is -1.47. The largest absolute Gasteiger partial charge is 0.480 e. The topological polar surface area (TPSA) is 90.7 Å². The van der Waals surface area contributed by atoms with Crippen molar-refractivity contribution in [3.05, 3.63) is 16.6 Å². The molecule has 1 aromatic rings. The van der Waals surface area contributed by atoms with E-state index in [1.165, 1.54) is 16.2 Å². The fourth-order valence-electron chi connectivity index (χ4n) is 1.07. The van der Waals surface area contributed by atoms with E-state index in [1.807, 2.05) is 0 Å². The number of hydrogen-bond donors (Lipinski definition) is 2. The van der Waals surface area contributed by atoms with Crippen LogP contribution in [-0.4, -0.2) is 45.1 Å². The van der Waals surface area contributed by atoms with E-state index in [4.69, 9.17) is 10.2 Å². The molecule has 0 aliphatic carbocycles. The molecule has 1 rings (SSSR count). The first kappa shape index (κ1) is 11.6. The van der Waals surface area contributed by atoms with Crippen LogP contribution in [0.2, 0.25) is 0 Å². The smallest absolute Gasteiger partial charge is 0.317 e. The summed E-state index contributed by atoms with van der Waals surface area (Å²) in [6.45, 7) is -0.353. The van der Waals surface area contributed by atoms with Gasteiger partial charge in [-0.3, -0.25) is 14.5 Å². The lowest BCUT2D eigenvalue weighted by atomic mass is 10.4. The van der Waals surface area contributed by atoms with Gasteiger partial charge in [0.15, 0.2) is 0 Å². The van der Waals surface area contributed by atoms with Crippen molar-refractivity contribution in [3.8, 4) is 0 Å². The van der Waals surface area contributed by atoms with Crippen LogP contribution in [0.3, 0.4) is 0 Å². The molecule has 0 atom stereocenters. The van der Waals surface area contributed by atoms with Gasteiger partial charge in [-0.05, 0) is 0 Å². The van der Waals surface area contributed by atoms with Crippen LogP contribution >= 0.6 is 11.3 Å². The minimum absolute atomic E-state index is 0.246. The van der Waals surface area contributed by atoms with Crippen molar-refractivity contribution in [1.82, 2.24) is 9.88 Å². The minimum atomic E-state index is -1.05. The molecule has 0 fully saturated rings. The van der Waals surface area contributed by atoms with Crippen LogP contribution in [0.25, 0.3) is 0 Å². The average Bonchev–Trinajstić information content (AvgIpc) is 2.53. The van der Waals surface area contributed by atoms with Gasteiger partial charge in [0, 0.05) is 11.6 Å². The predicted molar refractivity (Wildman–Crippen MR) is 52.7 cm³/mol. The monoisotopic (exact) mass is 230 g/mol. The van der Waals surface area contributed by atoms with E-state index in [2.05, 4.69) is 4.98 Å². The summed E-state index contributed by atoms with van der Waals surface area (Å²) in [4.78, 5) is 26.2. The van der Waals surface area contributed by atoms with Crippen molar-refractivity contribution in [2.24, 2.45) is 0 Å². The number of thiazole rings is 1. The number of hydrogen-bond acceptors (Lipinski definition) is 5. The average molecular weight is 230 g/mol. The van der Waals surface area contributed by atoms with Crippen molar-refractivity contribution < 1.29 is 19.8 Å². The third-order valence-electron chi connectivity index (χ3n) is 1.56. The molecule has 7 heteroatoms. The fraction of sp³-hybridized carbons (Fsp3) is 0.375. The maximum absolute atomic E-state index is 10.5. The Kier molecular flexibility index (Phi) is 4.19. The molecule has 2 N–H and O–H groups in total. The van der Waals surface area contributed by atoms with Crippen molar-refractivity contribution >= 4 is 23.3 Å². The Balaban J connectivity index is 2.55. The summed E-state index contributed by atoms with van der Waals surface area (Å²) < 4.78 is 0. The van der Waals surface area contributed by atoms with Crippen molar-refractivity contribution in [2.75, 3.05) is 13.1 Å². The van der Waals surface area contributed by atoms with Gasteiger partial charge in [-0.2, -0.15) is 0 Å². The Morgan fingerprint density at radius 1 is 1.33 bits per heavy atom. The highest BCUT2D eigenvalue weighted by molar-refractivity contribution is 7.09. The van der Waals surface area contributed by atoms with Gasteiger partial charge in [-0.15, -0.1) is 11.3 Å². The van der Waals surface area contributed by atoms with Crippen LogP contribution in [0.4, 0.5) is 0 Å². The predicted octanol–water partition coefficient (Wildman–Crippen LogP) is 0.114. The van der Waals surface area contributed by atoms with E-state index in [0.29, 0.717) is 5.01 Å². The van der Waals surface area contributed by atoms with Gasteiger partial charge in [0.05, 0.1) is 19.6 Å². The molecule has 0 radical (unpaired) electrons. The maximum atomic E-state index is 10.5. The number of aliphatic carboxylic acids is 2. The number of carboxylic acids is 2. The van der Waals surface area contributed by atoms with Gasteiger partial charge >= 0.3 is 11.9 Å². The lowest BCUT2D eigenvalue weighted by Gasteiger charge is -2.15. The molecule has 0 saturated heterocycles.